The van der Waals surface area contributed by atoms with Crippen molar-refractivity contribution >= 4 is 50.7 Å². The van der Waals surface area contributed by atoms with Crippen molar-refractivity contribution in [2.24, 2.45) is 0 Å². The minimum atomic E-state index is -4.21. The molecular weight excluding hydrogens is 581 g/mol. The fourth-order valence-corrected chi connectivity index (χ4v) is 7.18. The number of anilines is 1. The Labute approximate surface area is 252 Å². The summed E-state index contributed by atoms with van der Waals surface area (Å²) < 4.78 is 28.8. The molecule has 3 aromatic rings. The second kappa shape index (κ2) is 14.2. The highest BCUT2D eigenvalue weighted by Gasteiger charge is 2.35. The summed E-state index contributed by atoms with van der Waals surface area (Å²) in [5.41, 5.74) is 0.944. The van der Waals surface area contributed by atoms with Gasteiger partial charge >= 0.3 is 0 Å². The van der Waals surface area contributed by atoms with Crippen LogP contribution in [-0.4, -0.2) is 43.8 Å². The van der Waals surface area contributed by atoms with Crippen LogP contribution in [0.5, 0.6) is 0 Å². The van der Waals surface area contributed by atoms with Crippen molar-refractivity contribution in [3.8, 4) is 0 Å². The summed E-state index contributed by atoms with van der Waals surface area (Å²) in [7, 11) is -4.21. The zero-order chi connectivity index (χ0) is 29.4. The van der Waals surface area contributed by atoms with Gasteiger partial charge in [-0.15, -0.1) is 0 Å². The largest absolute Gasteiger partial charge is 0.352 e. The number of nitrogens with zero attached hydrogens (tertiary/aromatic N) is 2. The van der Waals surface area contributed by atoms with Gasteiger partial charge in [0.15, 0.2) is 0 Å². The zero-order valence-corrected chi connectivity index (χ0v) is 25.3. The van der Waals surface area contributed by atoms with E-state index in [0.29, 0.717) is 11.4 Å². The van der Waals surface area contributed by atoms with Gasteiger partial charge < -0.3 is 10.2 Å². The van der Waals surface area contributed by atoms with Crippen molar-refractivity contribution in [3.63, 3.8) is 0 Å². The van der Waals surface area contributed by atoms with Crippen LogP contribution in [0, 0.1) is 0 Å². The van der Waals surface area contributed by atoms with Crippen molar-refractivity contribution in [1.82, 2.24) is 10.2 Å². The Morgan fingerprint density at radius 1 is 0.927 bits per heavy atom. The van der Waals surface area contributed by atoms with Crippen LogP contribution in [0.2, 0.25) is 10.0 Å². The number of sulfonamides is 1. The van der Waals surface area contributed by atoms with Gasteiger partial charge in [-0.1, -0.05) is 97.9 Å². The quantitative estimate of drug-likeness (QED) is 0.269. The minimum absolute atomic E-state index is 0.00973. The lowest BCUT2D eigenvalue weighted by atomic mass is 9.95. The molecule has 2 amide bonds. The van der Waals surface area contributed by atoms with Crippen LogP contribution in [0.15, 0.2) is 83.8 Å². The molecule has 0 spiro atoms. The topological polar surface area (TPSA) is 86.8 Å². The molecule has 0 aliphatic heterocycles. The second-order valence-corrected chi connectivity index (χ2v) is 12.9. The fraction of sp³-hybridized carbons (Fsp3) is 0.355. The SMILES string of the molecule is CC[C@@H](C(=O)NC1CCCCC1)N(Cc1ccccc1)C(=O)CN(c1ccc(Cl)cc1Cl)S(=O)(=O)c1ccccc1. The number of carbonyl (C=O) groups is 2. The number of amides is 2. The lowest BCUT2D eigenvalue weighted by Crippen LogP contribution is -2.54. The van der Waals surface area contributed by atoms with E-state index in [1.54, 1.807) is 18.2 Å². The summed E-state index contributed by atoms with van der Waals surface area (Å²) in [6.07, 6.45) is 5.45. The molecule has 1 aliphatic rings. The van der Waals surface area contributed by atoms with Gasteiger partial charge in [0, 0.05) is 17.6 Å². The molecule has 3 aromatic carbocycles. The van der Waals surface area contributed by atoms with Crippen molar-refractivity contribution in [2.45, 2.75) is 69.0 Å². The van der Waals surface area contributed by atoms with Crippen LogP contribution in [0.3, 0.4) is 0 Å². The van der Waals surface area contributed by atoms with Crippen LogP contribution in [0.4, 0.5) is 5.69 Å². The van der Waals surface area contributed by atoms with Crippen molar-refractivity contribution in [2.75, 3.05) is 10.8 Å². The first-order valence-corrected chi connectivity index (χ1v) is 16.1. The van der Waals surface area contributed by atoms with Gasteiger partial charge in [-0.3, -0.25) is 13.9 Å². The Morgan fingerprint density at radius 2 is 1.56 bits per heavy atom. The van der Waals surface area contributed by atoms with Crippen LogP contribution in [0.25, 0.3) is 0 Å². The Bertz CT molecular complexity index is 1430. The number of hydrogen-bond acceptors (Lipinski definition) is 4. The predicted molar refractivity (Wildman–Crippen MR) is 164 cm³/mol. The Morgan fingerprint density at radius 3 is 2.17 bits per heavy atom. The highest BCUT2D eigenvalue weighted by molar-refractivity contribution is 7.92. The zero-order valence-electron chi connectivity index (χ0n) is 23.0. The summed E-state index contributed by atoms with van der Waals surface area (Å²) >= 11 is 12.6. The van der Waals surface area contributed by atoms with Crippen molar-refractivity contribution in [3.05, 3.63) is 94.5 Å². The average Bonchev–Trinajstić information content (AvgIpc) is 2.97. The fourth-order valence-electron chi connectivity index (χ4n) is 5.16. The van der Waals surface area contributed by atoms with Gasteiger partial charge in [0.25, 0.3) is 10.0 Å². The summed E-state index contributed by atoms with van der Waals surface area (Å²) in [5, 5.41) is 3.56. The molecule has 1 fully saturated rings. The van der Waals surface area contributed by atoms with Gasteiger partial charge in [-0.25, -0.2) is 8.42 Å². The summed E-state index contributed by atoms with van der Waals surface area (Å²) in [5.74, 6) is -0.754. The van der Waals surface area contributed by atoms with E-state index in [9.17, 15) is 18.0 Å². The van der Waals surface area contributed by atoms with Crippen LogP contribution >= 0.6 is 23.2 Å². The highest BCUT2D eigenvalue weighted by Crippen LogP contribution is 2.33. The number of benzene rings is 3. The number of rotatable bonds is 11. The van der Waals surface area contributed by atoms with Gasteiger partial charge in [-0.05, 0) is 55.2 Å². The number of hydrogen-bond donors (Lipinski definition) is 1. The lowest BCUT2D eigenvalue weighted by Gasteiger charge is -2.34. The van der Waals surface area contributed by atoms with Crippen LogP contribution < -0.4 is 9.62 Å². The molecule has 218 valence electrons. The Hall–Kier alpha value is -3.07. The molecule has 7 nitrogen and oxygen atoms in total. The molecule has 0 bridgehead atoms. The molecule has 0 radical (unpaired) electrons. The molecule has 0 heterocycles. The average molecular weight is 617 g/mol. The van der Waals surface area contributed by atoms with Gasteiger partial charge in [-0.2, -0.15) is 0 Å². The molecule has 1 saturated carbocycles. The van der Waals surface area contributed by atoms with E-state index < -0.39 is 28.5 Å². The maximum atomic E-state index is 14.2. The molecule has 4 rings (SSSR count). The number of halogens is 2. The molecule has 0 aromatic heterocycles. The van der Waals surface area contributed by atoms with E-state index in [2.05, 4.69) is 5.32 Å². The smallest absolute Gasteiger partial charge is 0.264 e. The van der Waals surface area contributed by atoms with E-state index in [-0.39, 0.29) is 34.1 Å². The first kappa shape index (κ1) is 30.9. The molecule has 10 heteroatoms. The van der Waals surface area contributed by atoms with Gasteiger partial charge in [0.05, 0.1) is 15.6 Å². The second-order valence-electron chi connectivity index (χ2n) is 10.2. The lowest BCUT2D eigenvalue weighted by molar-refractivity contribution is -0.140. The monoisotopic (exact) mass is 615 g/mol. The minimum Gasteiger partial charge on any atom is -0.352 e. The summed E-state index contributed by atoms with van der Waals surface area (Å²) in [6.45, 7) is 1.44. The van der Waals surface area contributed by atoms with E-state index in [0.717, 1.165) is 42.0 Å². The van der Waals surface area contributed by atoms with Gasteiger partial charge in [0.2, 0.25) is 11.8 Å². The third kappa shape index (κ3) is 7.82. The molecule has 0 unspecified atom stereocenters. The molecule has 0 saturated heterocycles. The number of carbonyl (C=O) groups excluding carboxylic acids is 2. The summed E-state index contributed by atoms with van der Waals surface area (Å²) in [6, 6.07) is 20.9. The normalized spacial score (nSPS) is 14.7. The maximum absolute atomic E-state index is 14.2. The van der Waals surface area contributed by atoms with Crippen LogP contribution in [0.1, 0.15) is 51.0 Å². The Balaban J connectivity index is 1.71. The van der Waals surface area contributed by atoms with Crippen molar-refractivity contribution in [1.29, 1.82) is 0 Å². The summed E-state index contributed by atoms with van der Waals surface area (Å²) in [4.78, 5) is 29.2. The number of nitrogens with one attached hydrogen (secondary N) is 1. The maximum Gasteiger partial charge on any atom is 0.264 e. The van der Waals surface area contributed by atoms with E-state index in [1.807, 2.05) is 37.3 Å². The van der Waals surface area contributed by atoms with E-state index in [1.165, 1.54) is 35.2 Å². The molecule has 1 N–H and O–H groups in total. The van der Waals surface area contributed by atoms with Gasteiger partial charge in [0.1, 0.15) is 12.6 Å². The molecule has 1 atom stereocenters. The van der Waals surface area contributed by atoms with Crippen LogP contribution in [-0.2, 0) is 26.2 Å². The van der Waals surface area contributed by atoms with E-state index in [4.69, 9.17) is 23.2 Å². The molecule has 41 heavy (non-hydrogen) atoms. The van der Waals surface area contributed by atoms with E-state index >= 15 is 0 Å². The predicted octanol–water partition coefficient (Wildman–Crippen LogP) is 6.45. The molecular formula is C31H35Cl2N3O4S. The third-order valence-corrected chi connectivity index (χ3v) is 9.63. The third-order valence-electron chi connectivity index (χ3n) is 7.32. The first-order valence-electron chi connectivity index (χ1n) is 13.9. The molecule has 1 aliphatic carbocycles. The van der Waals surface area contributed by atoms with Crippen molar-refractivity contribution < 1.29 is 18.0 Å². The highest BCUT2D eigenvalue weighted by atomic mass is 35.5. The Kier molecular flexibility index (Phi) is 10.7. The first-order chi connectivity index (χ1) is 19.7. The standard InChI is InChI=1S/C31H35Cl2N3O4S/c1-2-28(31(38)34-25-14-8-4-9-15-25)35(21-23-12-6-3-7-13-23)30(37)22-36(29-19-18-24(32)20-27(29)33)41(39,40)26-16-10-5-11-17-26/h3,5-7,10-13,16-20,25,28H,2,4,8-9,14-15,21-22H2,1H3,(H,34,38)/t28-/m0/s1.